The van der Waals surface area contributed by atoms with Crippen LogP contribution >= 0.6 is 0 Å². The maximum absolute atomic E-state index is 12.1. The molecule has 24 heavy (non-hydrogen) atoms. The number of aliphatic carboxylic acids is 1. The van der Waals surface area contributed by atoms with Gasteiger partial charge in [0.05, 0.1) is 31.1 Å². The number of hydrogen-bond donors (Lipinski definition) is 2. The molecule has 0 aliphatic heterocycles. The van der Waals surface area contributed by atoms with Crippen molar-refractivity contribution in [1.29, 1.82) is 0 Å². The third-order valence-corrected chi connectivity index (χ3v) is 2.89. The Morgan fingerprint density at radius 2 is 1.96 bits per heavy atom. The van der Waals surface area contributed by atoms with Gasteiger partial charge in [-0.3, -0.25) is 19.7 Å². The van der Waals surface area contributed by atoms with E-state index < -0.39 is 22.5 Å². The van der Waals surface area contributed by atoms with Crippen molar-refractivity contribution in [3.8, 4) is 11.5 Å². The summed E-state index contributed by atoms with van der Waals surface area (Å²) in [6.07, 6.45) is -0.297. The second-order valence-electron chi connectivity index (χ2n) is 4.52. The van der Waals surface area contributed by atoms with Crippen molar-refractivity contribution >= 4 is 17.6 Å². The van der Waals surface area contributed by atoms with Crippen LogP contribution in [0.1, 0.15) is 16.8 Å². The number of carboxylic acids is 1. The lowest BCUT2D eigenvalue weighted by atomic mass is 10.1. The predicted octanol–water partition coefficient (Wildman–Crippen LogP) is 0.833. The van der Waals surface area contributed by atoms with Gasteiger partial charge in [0.25, 0.3) is 11.6 Å². The molecule has 0 spiro atoms. The van der Waals surface area contributed by atoms with Crippen molar-refractivity contribution in [1.82, 2.24) is 5.32 Å². The second kappa shape index (κ2) is 9.30. The van der Waals surface area contributed by atoms with Gasteiger partial charge in [-0.2, -0.15) is 0 Å². The number of carbonyl (C=O) groups is 2. The Kier molecular flexibility index (Phi) is 7.43. The third kappa shape index (κ3) is 5.39. The number of carbonyl (C=O) groups excluding carboxylic acids is 1. The monoisotopic (exact) mass is 342 g/mol. The molecule has 0 aliphatic carbocycles. The molecule has 0 aromatic heterocycles. The van der Waals surface area contributed by atoms with Crippen LogP contribution in [-0.4, -0.2) is 55.9 Å². The molecule has 132 valence electrons. The molecule has 2 N–H and O–H groups in total. The Bertz CT molecular complexity index is 617. The Labute approximate surface area is 137 Å². The highest BCUT2D eigenvalue weighted by molar-refractivity contribution is 5.99. The lowest BCUT2D eigenvalue weighted by molar-refractivity contribution is -0.385. The smallest absolute Gasteiger partial charge is 0.305 e. The average molecular weight is 342 g/mol. The quantitative estimate of drug-likeness (QED) is 0.362. The number of carboxylic acid groups (broad SMARTS) is 1. The van der Waals surface area contributed by atoms with Crippen LogP contribution in [0, 0.1) is 10.1 Å². The minimum atomic E-state index is -1.09. The molecule has 1 aromatic carbocycles. The van der Waals surface area contributed by atoms with Gasteiger partial charge in [-0.05, 0) is 0 Å². The maximum Gasteiger partial charge on any atom is 0.305 e. The minimum absolute atomic E-state index is 0.100. The van der Waals surface area contributed by atoms with Gasteiger partial charge < -0.3 is 24.6 Å². The first kappa shape index (κ1) is 19.2. The molecule has 1 rings (SSSR count). The van der Waals surface area contributed by atoms with E-state index in [1.54, 1.807) is 0 Å². The Morgan fingerprint density at radius 3 is 2.50 bits per heavy atom. The number of rotatable bonds is 10. The number of nitro benzene ring substituents is 1. The summed E-state index contributed by atoms with van der Waals surface area (Å²) in [7, 11) is 2.81. The molecule has 0 heterocycles. The lowest BCUT2D eigenvalue weighted by Crippen LogP contribution is -2.26. The number of nitro groups is 1. The maximum atomic E-state index is 12.1. The molecular weight excluding hydrogens is 324 g/mol. The number of amides is 1. The van der Waals surface area contributed by atoms with Crippen molar-refractivity contribution in [2.24, 2.45) is 0 Å². The molecule has 1 aromatic rings. The Hall–Kier alpha value is -2.88. The van der Waals surface area contributed by atoms with Crippen LogP contribution < -0.4 is 14.8 Å². The fraction of sp³-hybridized carbons (Fsp3) is 0.429. The van der Waals surface area contributed by atoms with Gasteiger partial charge in [0.2, 0.25) is 0 Å². The van der Waals surface area contributed by atoms with E-state index in [-0.39, 0.29) is 43.2 Å². The van der Waals surface area contributed by atoms with E-state index in [9.17, 15) is 19.7 Å². The average Bonchev–Trinajstić information content (AvgIpc) is 2.53. The number of ether oxygens (including phenoxy) is 3. The zero-order valence-corrected chi connectivity index (χ0v) is 13.2. The number of methoxy groups -OCH3 is 2. The van der Waals surface area contributed by atoms with Gasteiger partial charge in [0.15, 0.2) is 11.5 Å². The largest absolute Gasteiger partial charge is 0.493 e. The molecule has 0 atom stereocenters. The summed E-state index contributed by atoms with van der Waals surface area (Å²) in [5.41, 5.74) is -0.725. The lowest BCUT2D eigenvalue weighted by Gasteiger charge is -2.12. The molecular formula is C14H18N2O8. The zero-order valence-electron chi connectivity index (χ0n) is 13.2. The van der Waals surface area contributed by atoms with Crippen molar-refractivity contribution < 1.29 is 33.8 Å². The molecule has 0 saturated heterocycles. The minimum Gasteiger partial charge on any atom is -0.493 e. The van der Waals surface area contributed by atoms with Gasteiger partial charge in [-0.25, -0.2) is 0 Å². The van der Waals surface area contributed by atoms with Gasteiger partial charge in [0, 0.05) is 19.7 Å². The fourth-order valence-electron chi connectivity index (χ4n) is 1.77. The van der Waals surface area contributed by atoms with Crippen LogP contribution in [0.5, 0.6) is 11.5 Å². The van der Waals surface area contributed by atoms with Crippen LogP contribution in [0.25, 0.3) is 0 Å². The van der Waals surface area contributed by atoms with Gasteiger partial charge in [-0.15, -0.1) is 0 Å². The molecule has 0 radical (unpaired) electrons. The van der Waals surface area contributed by atoms with E-state index in [2.05, 4.69) is 5.32 Å². The molecule has 1 amide bonds. The molecule has 0 fully saturated rings. The topological polar surface area (TPSA) is 137 Å². The van der Waals surface area contributed by atoms with Crippen molar-refractivity contribution in [3.05, 3.63) is 27.8 Å². The van der Waals surface area contributed by atoms with Crippen LogP contribution in [0.15, 0.2) is 12.1 Å². The van der Waals surface area contributed by atoms with E-state index in [0.29, 0.717) is 0 Å². The first-order valence-corrected chi connectivity index (χ1v) is 6.88. The molecule has 10 nitrogen and oxygen atoms in total. The Balaban J connectivity index is 3.07. The van der Waals surface area contributed by atoms with Crippen LogP contribution in [0.3, 0.4) is 0 Å². The summed E-state index contributed by atoms with van der Waals surface area (Å²) in [6, 6.07) is 2.26. The van der Waals surface area contributed by atoms with E-state index in [0.717, 1.165) is 6.07 Å². The van der Waals surface area contributed by atoms with Gasteiger partial charge in [-0.1, -0.05) is 0 Å². The fourth-order valence-corrected chi connectivity index (χ4v) is 1.77. The predicted molar refractivity (Wildman–Crippen MR) is 81.6 cm³/mol. The van der Waals surface area contributed by atoms with Crippen molar-refractivity contribution in [2.45, 2.75) is 6.42 Å². The van der Waals surface area contributed by atoms with E-state index in [1.807, 2.05) is 0 Å². The summed E-state index contributed by atoms with van der Waals surface area (Å²) < 4.78 is 15.3. The number of hydrogen-bond acceptors (Lipinski definition) is 7. The standard InChI is InChI=1S/C14H18N2O8/c1-22-5-6-24-12-8-10(16(20)21)9(7-11(12)23-2)14(19)15-4-3-13(17)18/h7-8H,3-6H2,1-2H3,(H,15,19)(H,17,18). The molecule has 0 unspecified atom stereocenters. The van der Waals surface area contributed by atoms with Crippen LogP contribution in [-0.2, 0) is 9.53 Å². The zero-order chi connectivity index (χ0) is 18.1. The molecule has 0 aliphatic rings. The number of benzene rings is 1. The van der Waals surface area contributed by atoms with Crippen LogP contribution in [0.2, 0.25) is 0 Å². The van der Waals surface area contributed by atoms with Crippen molar-refractivity contribution in [2.75, 3.05) is 34.0 Å². The van der Waals surface area contributed by atoms with Gasteiger partial charge >= 0.3 is 5.97 Å². The first-order chi connectivity index (χ1) is 11.4. The molecule has 0 bridgehead atoms. The molecule has 0 saturated carbocycles. The highest BCUT2D eigenvalue weighted by atomic mass is 16.6. The summed E-state index contributed by atoms with van der Waals surface area (Å²) in [5, 5.41) is 22.1. The van der Waals surface area contributed by atoms with Crippen molar-refractivity contribution in [3.63, 3.8) is 0 Å². The van der Waals surface area contributed by atoms with E-state index >= 15 is 0 Å². The first-order valence-electron chi connectivity index (χ1n) is 6.88. The third-order valence-electron chi connectivity index (χ3n) is 2.89. The summed E-state index contributed by atoms with van der Waals surface area (Å²) >= 11 is 0. The van der Waals surface area contributed by atoms with E-state index in [1.165, 1.54) is 20.3 Å². The summed E-state index contributed by atoms with van der Waals surface area (Å²) in [6.45, 7) is 0.266. The van der Waals surface area contributed by atoms with Crippen LogP contribution in [0.4, 0.5) is 5.69 Å². The summed E-state index contributed by atoms with van der Waals surface area (Å²) in [4.78, 5) is 33.0. The van der Waals surface area contributed by atoms with Gasteiger partial charge in [0.1, 0.15) is 12.2 Å². The SMILES string of the molecule is COCCOc1cc([N+](=O)[O-])c(C(=O)NCCC(=O)O)cc1OC. The number of nitrogens with zero attached hydrogens (tertiary/aromatic N) is 1. The van der Waals surface area contributed by atoms with E-state index in [4.69, 9.17) is 19.3 Å². The normalized spacial score (nSPS) is 10.1. The number of nitrogens with one attached hydrogen (secondary N) is 1. The summed E-state index contributed by atoms with van der Waals surface area (Å²) in [5.74, 6) is -1.63. The Morgan fingerprint density at radius 1 is 1.25 bits per heavy atom. The second-order valence-corrected chi connectivity index (χ2v) is 4.52. The highest BCUT2D eigenvalue weighted by Crippen LogP contribution is 2.34. The highest BCUT2D eigenvalue weighted by Gasteiger charge is 2.24. The molecule has 10 heteroatoms.